The Morgan fingerprint density at radius 3 is 2.94 bits per heavy atom. The average molecular weight is 234 g/mol. The zero-order valence-corrected chi connectivity index (χ0v) is 10.6. The summed E-state index contributed by atoms with van der Waals surface area (Å²) in [6.07, 6.45) is 2.13. The van der Waals surface area contributed by atoms with Gasteiger partial charge in [0.15, 0.2) is 0 Å². The normalized spacial score (nSPS) is 12.9. The highest BCUT2D eigenvalue weighted by Gasteiger charge is 2.06. The van der Waals surface area contributed by atoms with Crippen molar-refractivity contribution in [3.8, 4) is 0 Å². The second kappa shape index (κ2) is 5.32. The van der Waals surface area contributed by atoms with Gasteiger partial charge in [0.25, 0.3) is 0 Å². The number of hydrogen-bond donors (Lipinski definition) is 1. The van der Waals surface area contributed by atoms with E-state index < -0.39 is 0 Å². The molecule has 0 saturated heterocycles. The van der Waals surface area contributed by atoms with Gasteiger partial charge in [-0.05, 0) is 37.4 Å². The van der Waals surface area contributed by atoms with Gasteiger partial charge in [0.1, 0.15) is 0 Å². The summed E-state index contributed by atoms with van der Waals surface area (Å²) in [4.78, 5) is 1.40. The Labute approximate surface area is 101 Å². The quantitative estimate of drug-likeness (QED) is 0.839. The van der Waals surface area contributed by atoms with Crippen molar-refractivity contribution in [3.05, 3.63) is 46.4 Å². The molecule has 0 aromatic carbocycles. The summed E-state index contributed by atoms with van der Waals surface area (Å²) in [7, 11) is 0. The second-order valence-electron chi connectivity index (χ2n) is 3.90. The standard InChI is InChI=1S/C13H18N2S/c1-3-15-8-4-6-12(15)10-14-11(2)13-7-5-9-16-13/h4-9,11,14H,3,10H2,1-2H3/t11-/m1/s1. The van der Waals surface area contributed by atoms with Gasteiger partial charge in [0.2, 0.25) is 0 Å². The van der Waals surface area contributed by atoms with E-state index in [1.807, 2.05) is 11.3 Å². The third-order valence-corrected chi connectivity index (χ3v) is 3.88. The Morgan fingerprint density at radius 1 is 1.38 bits per heavy atom. The highest BCUT2D eigenvalue weighted by molar-refractivity contribution is 7.10. The number of nitrogens with one attached hydrogen (secondary N) is 1. The number of hydrogen-bond acceptors (Lipinski definition) is 2. The molecule has 0 aliphatic rings. The van der Waals surface area contributed by atoms with Gasteiger partial charge in [-0.2, -0.15) is 0 Å². The van der Waals surface area contributed by atoms with Crippen molar-refractivity contribution in [2.24, 2.45) is 0 Å². The van der Waals surface area contributed by atoms with Crippen LogP contribution in [0.4, 0.5) is 0 Å². The van der Waals surface area contributed by atoms with Crippen molar-refractivity contribution in [1.82, 2.24) is 9.88 Å². The lowest BCUT2D eigenvalue weighted by molar-refractivity contribution is 0.556. The van der Waals surface area contributed by atoms with Crippen molar-refractivity contribution in [2.45, 2.75) is 33.0 Å². The topological polar surface area (TPSA) is 17.0 Å². The van der Waals surface area contributed by atoms with Crippen LogP contribution in [0.5, 0.6) is 0 Å². The summed E-state index contributed by atoms with van der Waals surface area (Å²) < 4.78 is 2.27. The number of thiophene rings is 1. The maximum Gasteiger partial charge on any atom is 0.0389 e. The van der Waals surface area contributed by atoms with E-state index >= 15 is 0 Å². The molecule has 3 heteroatoms. The molecule has 0 saturated carbocycles. The summed E-state index contributed by atoms with van der Waals surface area (Å²) in [6.45, 7) is 6.36. The van der Waals surface area contributed by atoms with E-state index in [0.717, 1.165) is 13.1 Å². The maximum atomic E-state index is 3.55. The third kappa shape index (κ3) is 2.54. The van der Waals surface area contributed by atoms with Gasteiger partial charge in [-0.15, -0.1) is 11.3 Å². The molecule has 0 fully saturated rings. The van der Waals surface area contributed by atoms with Crippen LogP contribution < -0.4 is 5.32 Å². The van der Waals surface area contributed by atoms with Crippen LogP contribution in [-0.2, 0) is 13.1 Å². The SMILES string of the molecule is CCn1cccc1CN[C@H](C)c1cccs1. The van der Waals surface area contributed by atoms with E-state index in [9.17, 15) is 0 Å². The van der Waals surface area contributed by atoms with Gasteiger partial charge in [-0.3, -0.25) is 0 Å². The molecule has 2 heterocycles. The maximum absolute atomic E-state index is 3.55. The Hall–Kier alpha value is -1.06. The number of nitrogens with zero attached hydrogens (tertiary/aromatic N) is 1. The Kier molecular flexibility index (Phi) is 3.80. The first kappa shape index (κ1) is 11.4. The second-order valence-corrected chi connectivity index (χ2v) is 4.88. The third-order valence-electron chi connectivity index (χ3n) is 2.82. The summed E-state index contributed by atoms with van der Waals surface area (Å²) in [6, 6.07) is 9.00. The molecule has 86 valence electrons. The Morgan fingerprint density at radius 2 is 2.25 bits per heavy atom. The van der Waals surface area contributed by atoms with E-state index in [4.69, 9.17) is 0 Å². The lowest BCUT2D eigenvalue weighted by atomic mass is 10.2. The minimum atomic E-state index is 0.431. The predicted octanol–water partition coefficient (Wildman–Crippen LogP) is 3.42. The van der Waals surface area contributed by atoms with Crippen LogP contribution in [0, 0.1) is 0 Å². The van der Waals surface area contributed by atoms with E-state index in [1.165, 1.54) is 10.6 Å². The lowest BCUT2D eigenvalue weighted by Gasteiger charge is -2.13. The van der Waals surface area contributed by atoms with Crippen LogP contribution in [0.25, 0.3) is 0 Å². The van der Waals surface area contributed by atoms with Crippen molar-refractivity contribution in [2.75, 3.05) is 0 Å². The van der Waals surface area contributed by atoms with Crippen molar-refractivity contribution in [3.63, 3.8) is 0 Å². The molecular formula is C13H18N2S. The molecule has 1 N–H and O–H groups in total. The molecule has 2 nitrogen and oxygen atoms in total. The molecule has 2 rings (SSSR count). The highest BCUT2D eigenvalue weighted by atomic mass is 32.1. The van der Waals surface area contributed by atoms with E-state index in [0.29, 0.717) is 6.04 Å². The lowest BCUT2D eigenvalue weighted by Crippen LogP contribution is -2.19. The van der Waals surface area contributed by atoms with Gasteiger partial charge in [-0.25, -0.2) is 0 Å². The first-order valence-electron chi connectivity index (χ1n) is 5.72. The molecular weight excluding hydrogens is 216 g/mol. The first-order chi connectivity index (χ1) is 7.81. The molecule has 0 aliphatic heterocycles. The van der Waals surface area contributed by atoms with Gasteiger partial charge in [-0.1, -0.05) is 6.07 Å². The van der Waals surface area contributed by atoms with E-state index in [-0.39, 0.29) is 0 Å². The summed E-state index contributed by atoms with van der Waals surface area (Å²) in [5, 5.41) is 5.68. The first-order valence-corrected chi connectivity index (χ1v) is 6.60. The summed E-state index contributed by atoms with van der Waals surface area (Å²) >= 11 is 1.81. The smallest absolute Gasteiger partial charge is 0.0389 e. The Bertz CT molecular complexity index is 417. The zero-order valence-electron chi connectivity index (χ0n) is 9.81. The van der Waals surface area contributed by atoms with Gasteiger partial charge >= 0.3 is 0 Å². The van der Waals surface area contributed by atoms with E-state index in [2.05, 4.69) is 59.6 Å². The summed E-state index contributed by atoms with van der Waals surface area (Å²) in [5.74, 6) is 0. The minimum absolute atomic E-state index is 0.431. The van der Waals surface area contributed by atoms with Crippen LogP contribution in [0.1, 0.15) is 30.5 Å². The van der Waals surface area contributed by atoms with Crippen LogP contribution in [0.3, 0.4) is 0 Å². The molecule has 16 heavy (non-hydrogen) atoms. The molecule has 2 aromatic rings. The van der Waals surface area contributed by atoms with Crippen molar-refractivity contribution < 1.29 is 0 Å². The Balaban J connectivity index is 1.92. The molecule has 0 radical (unpaired) electrons. The molecule has 0 bridgehead atoms. The largest absolute Gasteiger partial charge is 0.351 e. The monoisotopic (exact) mass is 234 g/mol. The van der Waals surface area contributed by atoms with E-state index in [1.54, 1.807) is 0 Å². The van der Waals surface area contributed by atoms with Crippen molar-refractivity contribution in [1.29, 1.82) is 0 Å². The number of aromatic nitrogens is 1. The predicted molar refractivity (Wildman–Crippen MR) is 69.7 cm³/mol. The van der Waals surface area contributed by atoms with Crippen LogP contribution in [-0.4, -0.2) is 4.57 Å². The fourth-order valence-electron chi connectivity index (χ4n) is 1.81. The van der Waals surface area contributed by atoms with Crippen molar-refractivity contribution >= 4 is 11.3 Å². The molecule has 0 unspecified atom stereocenters. The molecule has 0 amide bonds. The fraction of sp³-hybridized carbons (Fsp3) is 0.385. The minimum Gasteiger partial charge on any atom is -0.351 e. The average Bonchev–Trinajstić information content (AvgIpc) is 2.96. The molecule has 0 aliphatic carbocycles. The van der Waals surface area contributed by atoms with Crippen LogP contribution in [0.15, 0.2) is 35.8 Å². The fourth-order valence-corrected chi connectivity index (χ4v) is 2.57. The molecule has 0 spiro atoms. The molecule has 2 aromatic heterocycles. The van der Waals surface area contributed by atoms with Crippen LogP contribution >= 0.6 is 11.3 Å². The summed E-state index contributed by atoms with van der Waals surface area (Å²) in [5.41, 5.74) is 1.35. The molecule has 1 atom stereocenters. The zero-order chi connectivity index (χ0) is 11.4. The highest BCUT2D eigenvalue weighted by Crippen LogP contribution is 2.18. The number of rotatable bonds is 5. The number of aryl methyl sites for hydroxylation is 1. The van der Waals surface area contributed by atoms with Gasteiger partial charge in [0.05, 0.1) is 0 Å². The van der Waals surface area contributed by atoms with Crippen LogP contribution in [0.2, 0.25) is 0 Å². The van der Waals surface area contributed by atoms with Gasteiger partial charge < -0.3 is 9.88 Å². The van der Waals surface area contributed by atoms with Gasteiger partial charge in [0, 0.05) is 35.9 Å².